The lowest BCUT2D eigenvalue weighted by Crippen LogP contribution is -2.11. The average Bonchev–Trinajstić information content (AvgIpc) is 2.30. The fraction of sp³-hybridized carbons (Fsp3) is 0.417. The quantitative estimate of drug-likeness (QED) is 0.478. The van der Waals surface area contributed by atoms with Gasteiger partial charge in [-0.25, -0.2) is 0 Å². The second-order valence-electron chi connectivity index (χ2n) is 3.60. The van der Waals surface area contributed by atoms with Crippen LogP contribution in [-0.4, -0.2) is 10.3 Å². The lowest BCUT2D eigenvalue weighted by molar-refractivity contribution is -0.116. The SMILES string of the molecule is NCc1ccc(NC(=O)CCCCI)cc1. The van der Waals surface area contributed by atoms with E-state index >= 15 is 0 Å². The second kappa shape index (κ2) is 7.62. The summed E-state index contributed by atoms with van der Waals surface area (Å²) >= 11 is 2.32. The monoisotopic (exact) mass is 332 g/mol. The molecule has 0 aliphatic rings. The highest BCUT2D eigenvalue weighted by atomic mass is 127. The molecule has 1 amide bonds. The zero-order valence-electron chi connectivity index (χ0n) is 9.21. The van der Waals surface area contributed by atoms with E-state index in [-0.39, 0.29) is 5.91 Å². The summed E-state index contributed by atoms with van der Waals surface area (Å²) < 4.78 is 1.11. The standard InChI is InChI=1S/C12H17IN2O/c13-8-2-1-3-12(16)15-11-6-4-10(9-14)5-7-11/h4-7H,1-3,8-9,14H2,(H,15,16). The first kappa shape index (κ1) is 13.4. The van der Waals surface area contributed by atoms with Crippen molar-refractivity contribution in [1.82, 2.24) is 0 Å². The van der Waals surface area contributed by atoms with Crippen LogP contribution in [0, 0.1) is 0 Å². The van der Waals surface area contributed by atoms with Gasteiger partial charge in [-0.3, -0.25) is 4.79 Å². The van der Waals surface area contributed by atoms with Crippen LogP contribution in [0.25, 0.3) is 0 Å². The molecule has 0 aliphatic heterocycles. The average molecular weight is 332 g/mol. The van der Waals surface area contributed by atoms with E-state index < -0.39 is 0 Å². The predicted octanol–water partition coefficient (Wildman–Crippen LogP) is 2.69. The van der Waals surface area contributed by atoms with Crippen molar-refractivity contribution in [2.24, 2.45) is 5.73 Å². The van der Waals surface area contributed by atoms with Crippen LogP contribution in [0.15, 0.2) is 24.3 Å². The maximum absolute atomic E-state index is 11.5. The number of rotatable bonds is 6. The zero-order chi connectivity index (χ0) is 11.8. The number of hydrogen-bond acceptors (Lipinski definition) is 2. The van der Waals surface area contributed by atoms with Gasteiger partial charge in [0.2, 0.25) is 5.91 Å². The molecule has 0 saturated heterocycles. The Morgan fingerprint density at radius 2 is 1.94 bits per heavy atom. The third-order valence-corrected chi connectivity index (χ3v) is 3.02. The number of carbonyl (C=O) groups is 1. The summed E-state index contributed by atoms with van der Waals surface area (Å²) in [6, 6.07) is 7.64. The van der Waals surface area contributed by atoms with Crippen LogP contribution < -0.4 is 11.1 Å². The van der Waals surface area contributed by atoms with E-state index in [9.17, 15) is 4.79 Å². The van der Waals surface area contributed by atoms with Crippen molar-refractivity contribution < 1.29 is 4.79 Å². The van der Waals surface area contributed by atoms with Gasteiger partial charge in [0.1, 0.15) is 0 Å². The van der Waals surface area contributed by atoms with E-state index in [2.05, 4.69) is 27.9 Å². The van der Waals surface area contributed by atoms with Crippen LogP contribution in [0.3, 0.4) is 0 Å². The van der Waals surface area contributed by atoms with Crippen molar-refractivity contribution in [2.45, 2.75) is 25.8 Å². The number of halogens is 1. The summed E-state index contributed by atoms with van der Waals surface area (Å²) in [6.45, 7) is 0.532. The third kappa shape index (κ3) is 4.94. The van der Waals surface area contributed by atoms with E-state index in [0.717, 1.165) is 28.5 Å². The van der Waals surface area contributed by atoms with Gasteiger partial charge in [-0.2, -0.15) is 0 Å². The van der Waals surface area contributed by atoms with E-state index in [1.54, 1.807) is 0 Å². The van der Waals surface area contributed by atoms with Gasteiger partial charge in [0.25, 0.3) is 0 Å². The van der Waals surface area contributed by atoms with Gasteiger partial charge in [0, 0.05) is 18.7 Å². The molecule has 4 heteroatoms. The first-order valence-corrected chi connectivity index (χ1v) is 6.93. The van der Waals surface area contributed by atoms with Crippen molar-refractivity contribution in [3.63, 3.8) is 0 Å². The number of unbranched alkanes of at least 4 members (excludes halogenated alkanes) is 1. The Morgan fingerprint density at radius 3 is 2.50 bits per heavy atom. The van der Waals surface area contributed by atoms with Gasteiger partial charge in [0.15, 0.2) is 0 Å². The predicted molar refractivity (Wildman–Crippen MR) is 75.7 cm³/mol. The summed E-state index contributed by atoms with van der Waals surface area (Å²) in [5, 5.41) is 2.87. The molecule has 1 aromatic carbocycles. The molecule has 1 aromatic rings. The maximum atomic E-state index is 11.5. The molecule has 0 unspecified atom stereocenters. The zero-order valence-corrected chi connectivity index (χ0v) is 11.4. The number of nitrogens with one attached hydrogen (secondary N) is 1. The van der Waals surface area contributed by atoms with Crippen LogP contribution >= 0.6 is 22.6 Å². The van der Waals surface area contributed by atoms with Crippen LogP contribution in [0.5, 0.6) is 0 Å². The molecule has 0 bridgehead atoms. The molecular weight excluding hydrogens is 315 g/mol. The molecule has 0 fully saturated rings. The number of hydrogen-bond donors (Lipinski definition) is 2. The fourth-order valence-corrected chi connectivity index (χ4v) is 1.87. The summed E-state index contributed by atoms with van der Waals surface area (Å²) in [5.41, 5.74) is 7.41. The number of alkyl halides is 1. The fourth-order valence-electron chi connectivity index (χ4n) is 1.33. The topological polar surface area (TPSA) is 55.1 Å². The summed E-state index contributed by atoms with van der Waals surface area (Å²) in [6.07, 6.45) is 2.65. The van der Waals surface area contributed by atoms with Gasteiger partial charge >= 0.3 is 0 Å². The number of nitrogens with two attached hydrogens (primary N) is 1. The Bertz CT molecular complexity index is 324. The van der Waals surface area contributed by atoms with E-state index in [1.807, 2.05) is 24.3 Å². The maximum Gasteiger partial charge on any atom is 0.224 e. The van der Waals surface area contributed by atoms with Gasteiger partial charge in [0.05, 0.1) is 0 Å². The van der Waals surface area contributed by atoms with Crippen LogP contribution in [0.4, 0.5) is 5.69 Å². The number of amides is 1. The van der Waals surface area contributed by atoms with Gasteiger partial charge < -0.3 is 11.1 Å². The molecule has 16 heavy (non-hydrogen) atoms. The minimum Gasteiger partial charge on any atom is -0.326 e. The number of anilines is 1. The smallest absolute Gasteiger partial charge is 0.224 e. The Morgan fingerprint density at radius 1 is 1.25 bits per heavy atom. The molecule has 0 atom stereocenters. The molecule has 0 saturated carbocycles. The van der Waals surface area contributed by atoms with Gasteiger partial charge in [-0.1, -0.05) is 34.7 Å². The third-order valence-electron chi connectivity index (χ3n) is 2.26. The van der Waals surface area contributed by atoms with Crippen molar-refractivity contribution in [2.75, 3.05) is 9.74 Å². The van der Waals surface area contributed by atoms with E-state index in [1.165, 1.54) is 0 Å². The first-order valence-electron chi connectivity index (χ1n) is 5.41. The van der Waals surface area contributed by atoms with Gasteiger partial charge in [-0.05, 0) is 35.0 Å². The normalized spacial score (nSPS) is 10.1. The molecule has 3 nitrogen and oxygen atoms in total. The summed E-state index contributed by atoms with van der Waals surface area (Å²) in [5.74, 6) is 0.0883. The molecule has 0 aromatic heterocycles. The largest absolute Gasteiger partial charge is 0.326 e. The minimum atomic E-state index is 0.0883. The number of carbonyl (C=O) groups excluding carboxylic acids is 1. The Kier molecular flexibility index (Phi) is 6.40. The van der Waals surface area contributed by atoms with Crippen LogP contribution in [0.1, 0.15) is 24.8 Å². The molecular formula is C12H17IN2O. The Balaban J connectivity index is 2.37. The highest BCUT2D eigenvalue weighted by molar-refractivity contribution is 14.1. The van der Waals surface area contributed by atoms with E-state index in [0.29, 0.717) is 13.0 Å². The van der Waals surface area contributed by atoms with Crippen molar-refractivity contribution in [3.05, 3.63) is 29.8 Å². The highest BCUT2D eigenvalue weighted by Gasteiger charge is 2.01. The van der Waals surface area contributed by atoms with Crippen molar-refractivity contribution >= 4 is 34.2 Å². The molecule has 3 N–H and O–H groups in total. The molecule has 0 radical (unpaired) electrons. The first-order chi connectivity index (χ1) is 7.76. The highest BCUT2D eigenvalue weighted by Crippen LogP contribution is 2.10. The molecule has 0 aliphatic carbocycles. The second-order valence-corrected chi connectivity index (χ2v) is 4.67. The van der Waals surface area contributed by atoms with E-state index in [4.69, 9.17) is 5.73 Å². The Labute approximate surface area is 110 Å². The summed E-state index contributed by atoms with van der Waals surface area (Å²) in [4.78, 5) is 11.5. The molecule has 0 heterocycles. The molecule has 88 valence electrons. The summed E-state index contributed by atoms with van der Waals surface area (Å²) in [7, 11) is 0. The molecule has 1 rings (SSSR count). The minimum absolute atomic E-state index is 0.0883. The number of benzene rings is 1. The lowest BCUT2D eigenvalue weighted by atomic mass is 10.2. The molecule has 0 spiro atoms. The van der Waals surface area contributed by atoms with Crippen LogP contribution in [-0.2, 0) is 11.3 Å². The van der Waals surface area contributed by atoms with Crippen molar-refractivity contribution in [1.29, 1.82) is 0 Å². The van der Waals surface area contributed by atoms with Gasteiger partial charge in [-0.15, -0.1) is 0 Å². The van der Waals surface area contributed by atoms with Crippen molar-refractivity contribution in [3.8, 4) is 0 Å². The Hall–Kier alpha value is -0.620. The lowest BCUT2D eigenvalue weighted by Gasteiger charge is -2.05. The van der Waals surface area contributed by atoms with Crippen LogP contribution in [0.2, 0.25) is 0 Å².